The summed E-state index contributed by atoms with van der Waals surface area (Å²) < 4.78 is 5.88. The van der Waals surface area contributed by atoms with E-state index in [9.17, 15) is 0 Å². The zero-order chi connectivity index (χ0) is 14.5. The molecule has 1 aliphatic rings. The second-order valence-corrected chi connectivity index (χ2v) is 5.74. The monoisotopic (exact) mass is 285 g/mol. The van der Waals surface area contributed by atoms with Crippen molar-refractivity contribution < 1.29 is 4.74 Å². The molecule has 0 radical (unpaired) electrons. The van der Waals surface area contributed by atoms with Crippen molar-refractivity contribution in [2.75, 3.05) is 26.2 Å². The minimum atomic E-state index is 0.640. The molecule has 0 atom stereocenters. The zero-order valence-electron chi connectivity index (χ0n) is 12.6. The molecule has 1 aromatic carbocycles. The average Bonchev–Trinajstić information content (AvgIpc) is 3.04. The number of rotatable bonds is 5. The molecule has 2 aromatic rings. The summed E-state index contributed by atoms with van der Waals surface area (Å²) >= 11 is 0. The second-order valence-electron chi connectivity index (χ2n) is 5.74. The van der Waals surface area contributed by atoms with Crippen molar-refractivity contribution in [3.63, 3.8) is 0 Å². The van der Waals surface area contributed by atoms with Crippen LogP contribution >= 0.6 is 0 Å². The number of nitrogens with one attached hydrogen (secondary N) is 1. The van der Waals surface area contributed by atoms with Crippen molar-refractivity contribution >= 4 is 0 Å². The molecule has 0 aliphatic carbocycles. The molecule has 112 valence electrons. The first-order valence-corrected chi connectivity index (χ1v) is 7.72. The SMILES string of the molecule is Cc1ccccc1OCCN1CCC(c2cnc[nH]2)CC1. The Bertz CT molecular complexity index is 545. The van der Waals surface area contributed by atoms with Gasteiger partial charge in [-0.3, -0.25) is 4.90 Å². The van der Waals surface area contributed by atoms with Crippen molar-refractivity contribution in [3.05, 3.63) is 48.0 Å². The molecule has 4 heteroatoms. The van der Waals surface area contributed by atoms with Gasteiger partial charge in [0.25, 0.3) is 0 Å². The minimum Gasteiger partial charge on any atom is -0.492 e. The van der Waals surface area contributed by atoms with E-state index in [0.717, 1.165) is 32.0 Å². The molecular weight excluding hydrogens is 262 g/mol. The molecule has 1 N–H and O–H groups in total. The number of para-hydroxylation sites is 1. The van der Waals surface area contributed by atoms with Crippen molar-refractivity contribution in [1.29, 1.82) is 0 Å². The fourth-order valence-electron chi connectivity index (χ4n) is 2.96. The largest absolute Gasteiger partial charge is 0.492 e. The van der Waals surface area contributed by atoms with Gasteiger partial charge in [-0.25, -0.2) is 4.98 Å². The Morgan fingerprint density at radius 2 is 2.10 bits per heavy atom. The van der Waals surface area contributed by atoms with E-state index in [1.54, 1.807) is 6.33 Å². The summed E-state index contributed by atoms with van der Waals surface area (Å²) in [6.07, 6.45) is 6.14. The third kappa shape index (κ3) is 3.64. The quantitative estimate of drug-likeness (QED) is 0.918. The van der Waals surface area contributed by atoms with Gasteiger partial charge in [0.2, 0.25) is 0 Å². The summed E-state index contributed by atoms with van der Waals surface area (Å²) in [5.41, 5.74) is 2.49. The predicted molar refractivity (Wildman–Crippen MR) is 83.7 cm³/mol. The van der Waals surface area contributed by atoms with Crippen molar-refractivity contribution in [2.45, 2.75) is 25.7 Å². The lowest BCUT2D eigenvalue weighted by atomic mass is 9.94. The summed E-state index contributed by atoms with van der Waals surface area (Å²) in [4.78, 5) is 9.85. The maximum Gasteiger partial charge on any atom is 0.122 e. The number of benzene rings is 1. The van der Waals surface area contributed by atoms with Crippen LogP contribution in [0, 0.1) is 6.92 Å². The Morgan fingerprint density at radius 3 is 2.81 bits per heavy atom. The van der Waals surface area contributed by atoms with Gasteiger partial charge in [0.05, 0.1) is 6.33 Å². The predicted octanol–water partition coefficient (Wildman–Crippen LogP) is 2.98. The second kappa shape index (κ2) is 6.76. The van der Waals surface area contributed by atoms with Crippen LogP contribution in [0.3, 0.4) is 0 Å². The smallest absolute Gasteiger partial charge is 0.122 e. The Kier molecular flexibility index (Phi) is 4.55. The van der Waals surface area contributed by atoms with Crippen LogP contribution in [0.15, 0.2) is 36.8 Å². The van der Waals surface area contributed by atoms with E-state index in [0.29, 0.717) is 5.92 Å². The molecule has 1 saturated heterocycles. The number of hydrogen-bond donors (Lipinski definition) is 1. The van der Waals surface area contributed by atoms with Crippen molar-refractivity contribution in [2.24, 2.45) is 0 Å². The Balaban J connectivity index is 1.41. The van der Waals surface area contributed by atoms with Gasteiger partial charge >= 0.3 is 0 Å². The molecule has 1 aliphatic heterocycles. The van der Waals surface area contributed by atoms with Crippen LogP contribution in [-0.4, -0.2) is 41.1 Å². The molecule has 3 rings (SSSR count). The van der Waals surface area contributed by atoms with E-state index in [1.165, 1.54) is 24.1 Å². The van der Waals surface area contributed by atoms with Crippen LogP contribution in [0.2, 0.25) is 0 Å². The normalized spacial score (nSPS) is 17.0. The van der Waals surface area contributed by atoms with E-state index in [-0.39, 0.29) is 0 Å². The number of aromatic nitrogens is 2. The van der Waals surface area contributed by atoms with Crippen LogP contribution in [0.25, 0.3) is 0 Å². The van der Waals surface area contributed by atoms with Crippen molar-refractivity contribution in [1.82, 2.24) is 14.9 Å². The van der Waals surface area contributed by atoms with Crippen molar-refractivity contribution in [3.8, 4) is 5.75 Å². The highest BCUT2D eigenvalue weighted by molar-refractivity contribution is 5.31. The number of nitrogens with zero attached hydrogens (tertiary/aromatic N) is 2. The van der Waals surface area contributed by atoms with Crippen LogP contribution in [0.1, 0.15) is 30.0 Å². The Morgan fingerprint density at radius 1 is 1.29 bits per heavy atom. The van der Waals surface area contributed by atoms with Gasteiger partial charge in [0, 0.05) is 24.4 Å². The molecule has 0 bridgehead atoms. The number of aryl methyl sites for hydroxylation is 1. The molecule has 0 unspecified atom stereocenters. The van der Waals surface area contributed by atoms with Gasteiger partial charge in [-0.05, 0) is 44.5 Å². The Hall–Kier alpha value is -1.81. The summed E-state index contributed by atoms with van der Waals surface area (Å²) in [7, 11) is 0. The van der Waals surface area contributed by atoms with E-state index in [4.69, 9.17) is 4.74 Å². The first-order valence-electron chi connectivity index (χ1n) is 7.72. The van der Waals surface area contributed by atoms with E-state index in [2.05, 4.69) is 27.9 Å². The molecule has 0 saturated carbocycles. The maximum absolute atomic E-state index is 5.88. The fourth-order valence-corrected chi connectivity index (χ4v) is 2.96. The van der Waals surface area contributed by atoms with Gasteiger partial charge in [-0.2, -0.15) is 0 Å². The average molecular weight is 285 g/mol. The topological polar surface area (TPSA) is 41.1 Å². The standard InChI is InChI=1S/C17H23N3O/c1-14-4-2-3-5-17(14)21-11-10-20-8-6-15(7-9-20)16-12-18-13-19-16/h2-5,12-13,15H,6-11H2,1H3,(H,18,19). The zero-order valence-corrected chi connectivity index (χ0v) is 12.6. The molecule has 1 aromatic heterocycles. The number of H-pyrrole nitrogens is 1. The molecule has 2 heterocycles. The maximum atomic E-state index is 5.88. The van der Waals surface area contributed by atoms with Crippen LogP contribution in [-0.2, 0) is 0 Å². The van der Waals surface area contributed by atoms with Gasteiger partial charge in [-0.1, -0.05) is 18.2 Å². The molecule has 1 fully saturated rings. The minimum absolute atomic E-state index is 0.640. The first-order chi connectivity index (χ1) is 10.3. The van der Waals surface area contributed by atoms with Crippen LogP contribution in [0.4, 0.5) is 0 Å². The molecule has 21 heavy (non-hydrogen) atoms. The fraction of sp³-hybridized carbons (Fsp3) is 0.471. The molecule has 0 spiro atoms. The number of piperidine rings is 1. The number of likely N-dealkylation sites (tertiary alicyclic amines) is 1. The van der Waals surface area contributed by atoms with Crippen LogP contribution < -0.4 is 4.74 Å². The van der Waals surface area contributed by atoms with Crippen LogP contribution in [0.5, 0.6) is 5.75 Å². The molecule has 4 nitrogen and oxygen atoms in total. The number of aromatic amines is 1. The third-order valence-corrected chi connectivity index (χ3v) is 4.31. The first kappa shape index (κ1) is 14.1. The van der Waals surface area contributed by atoms with Gasteiger partial charge < -0.3 is 9.72 Å². The highest BCUT2D eigenvalue weighted by atomic mass is 16.5. The number of ether oxygens (including phenoxy) is 1. The number of imidazole rings is 1. The third-order valence-electron chi connectivity index (χ3n) is 4.31. The summed E-state index contributed by atoms with van der Waals surface area (Å²) in [5.74, 6) is 1.64. The number of hydrogen-bond acceptors (Lipinski definition) is 3. The molecular formula is C17H23N3O. The lowest BCUT2D eigenvalue weighted by Crippen LogP contribution is -2.36. The van der Waals surface area contributed by atoms with E-state index in [1.807, 2.05) is 24.4 Å². The summed E-state index contributed by atoms with van der Waals surface area (Å²) in [5, 5.41) is 0. The lowest BCUT2D eigenvalue weighted by Gasteiger charge is -2.31. The lowest BCUT2D eigenvalue weighted by molar-refractivity contribution is 0.172. The highest BCUT2D eigenvalue weighted by Gasteiger charge is 2.21. The molecule has 0 amide bonds. The van der Waals surface area contributed by atoms with Gasteiger partial charge in [0.15, 0.2) is 0 Å². The van der Waals surface area contributed by atoms with Gasteiger partial charge in [-0.15, -0.1) is 0 Å². The summed E-state index contributed by atoms with van der Waals surface area (Å²) in [6, 6.07) is 8.20. The Labute approximate surface area is 126 Å². The van der Waals surface area contributed by atoms with Gasteiger partial charge in [0.1, 0.15) is 12.4 Å². The highest BCUT2D eigenvalue weighted by Crippen LogP contribution is 2.26. The van der Waals surface area contributed by atoms with E-state index >= 15 is 0 Å². The van der Waals surface area contributed by atoms with E-state index < -0.39 is 0 Å². The summed E-state index contributed by atoms with van der Waals surface area (Å²) in [6.45, 7) is 6.14.